The predicted octanol–water partition coefficient (Wildman–Crippen LogP) is 6.04. The predicted molar refractivity (Wildman–Crippen MR) is 186 cm³/mol. The molecule has 0 radical (unpaired) electrons. The zero-order valence-electron chi connectivity index (χ0n) is 27.7. The maximum atomic E-state index is 13.8. The third kappa shape index (κ3) is 13.4. The molecule has 256 valence electrons. The molecule has 0 aliphatic heterocycles. The number of unbranched alkanes of at least 4 members (excludes halogenated alkanes) is 11. The monoisotopic (exact) mass is 744 g/mol. The maximum Gasteiger partial charge on any atom is 0.247 e. The lowest BCUT2D eigenvalue weighted by molar-refractivity contribution is -0.138. The number of methoxy groups -OCH3 is 1. The van der Waals surface area contributed by atoms with E-state index in [1.54, 1.807) is 23.1 Å². The quantitative estimate of drug-likeness (QED) is 0.0796. The standard InChI is InChI=1S/C35H57IN2O7/c1-4-6-8-10-11-12-13-14-15-17-32(41)38(19-16-9-7-5-2)29-23-27(35(43)37-18-20-39)24-30(33(29)42)45-34-28(36)21-26(25-40)22-31(34)44-3/h21-22,24,29-30,33,39-40,42H,4-20,23,25H2,1-3H3,(H,37,43)/t29-,30+,33+/m1/s1. The molecule has 0 saturated carbocycles. The highest BCUT2D eigenvalue weighted by atomic mass is 127. The molecule has 1 aliphatic rings. The van der Waals surface area contributed by atoms with Crippen molar-refractivity contribution in [2.24, 2.45) is 0 Å². The molecule has 10 heteroatoms. The van der Waals surface area contributed by atoms with E-state index in [2.05, 4.69) is 41.8 Å². The Hall–Kier alpha value is -1.89. The fourth-order valence-corrected chi connectivity index (χ4v) is 6.60. The Bertz CT molecular complexity index is 1050. The Balaban J connectivity index is 2.27. The summed E-state index contributed by atoms with van der Waals surface area (Å²) in [7, 11) is 1.51. The van der Waals surface area contributed by atoms with Crippen molar-refractivity contribution in [1.82, 2.24) is 10.2 Å². The number of benzene rings is 1. The number of nitrogens with zero attached hydrogens (tertiary/aromatic N) is 1. The Morgan fingerprint density at radius 2 is 1.58 bits per heavy atom. The SMILES string of the molecule is CCCCCCCCCCCC(=O)N(CCCCCC)[C@@H]1CC(C(=O)NCCO)=C[C@H](Oc2c(I)cc(CO)cc2OC)[C@H]1O. The van der Waals surface area contributed by atoms with Crippen molar-refractivity contribution in [3.05, 3.63) is 32.9 Å². The van der Waals surface area contributed by atoms with Crippen LogP contribution in [0.15, 0.2) is 23.8 Å². The van der Waals surface area contributed by atoms with Gasteiger partial charge in [-0.2, -0.15) is 0 Å². The highest BCUT2D eigenvalue weighted by Crippen LogP contribution is 2.37. The molecule has 0 heterocycles. The molecule has 1 aromatic rings. The number of carbonyl (C=O) groups is 2. The van der Waals surface area contributed by atoms with Crippen molar-refractivity contribution in [2.45, 2.75) is 135 Å². The molecule has 2 rings (SSSR count). The maximum absolute atomic E-state index is 13.8. The highest BCUT2D eigenvalue weighted by molar-refractivity contribution is 14.1. The van der Waals surface area contributed by atoms with Crippen LogP contribution in [0.2, 0.25) is 0 Å². The van der Waals surface area contributed by atoms with E-state index in [-0.39, 0.29) is 38.0 Å². The average molecular weight is 745 g/mol. The van der Waals surface area contributed by atoms with Gasteiger partial charge in [-0.15, -0.1) is 0 Å². The number of hydrogen-bond donors (Lipinski definition) is 4. The van der Waals surface area contributed by atoms with E-state index in [0.717, 1.165) is 44.9 Å². The van der Waals surface area contributed by atoms with Crippen LogP contribution in [0.1, 0.15) is 116 Å². The van der Waals surface area contributed by atoms with E-state index in [0.29, 0.717) is 39.2 Å². The van der Waals surface area contributed by atoms with Gasteiger partial charge in [-0.3, -0.25) is 9.59 Å². The first kappa shape index (κ1) is 39.3. The minimum Gasteiger partial charge on any atom is -0.493 e. The molecule has 1 aliphatic carbocycles. The van der Waals surface area contributed by atoms with Crippen LogP contribution in [0.3, 0.4) is 0 Å². The van der Waals surface area contributed by atoms with E-state index in [1.165, 1.54) is 45.6 Å². The topological polar surface area (TPSA) is 129 Å². The van der Waals surface area contributed by atoms with E-state index >= 15 is 0 Å². The molecule has 0 unspecified atom stereocenters. The number of halogens is 1. The minimum atomic E-state index is -1.09. The van der Waals surface area contributed by atoms with Crippen molar-refractivity contribution in [1.29, 1.82) is 0 Å². The summed E-state index contributed by atoms with van der Waals surface area (Å²) in [5.74, 6) is 0.428. The van der Waals surface area contributed by atoms with Gasteiger partial charge >= 0.3 is 0 Å². The molecule has 0 fully saturated rings. The number of amides is 2. The summed E-state index contributed by atoms with van der Waals surface area (Å²) in [6.45, 7) is 4.61. The summed E-state index contributed by atoms with van der Waals surface area (Å²) in [4.78, 5) is 28.7. The fraction of sp³-hybridized carbons (Fsp3) is 0.714. The fourth-order valence-electron chi connectivity index (χ4n) is 5.81. The van der Waals surface area contributed by atoms with Crippen LogP contribution in [-0.4, -0.2) is 77.1 Å². The van der Waals surface area contributed by atoms with Crippen molar-refractivity contribution in [3.8, 4) is 11.5 Å². The molecule has 1 aromatic carbocycles. The van der Waals surface area contributed by atoms with E-state index in [4.69, 9.17) is 9.47 Å². The van der Waals surface area contributed by atoms with Gasteiger partial charge in [0.05, 0.1) is 29.9 Å². The molecule has 9 nitrogen and oxygen atoms in total. The Labute approximate surface area is 284 Å². The van der Waals surface area contributed by atoms with E-state index < -0.39 is 18.2 Å². The zero-order valence-corrected chi connectivity index (χ0v) is 29.9. The molecule has 3 atom stereocenters. The summed E-state index contributed by atoms with van der Waals surface area (Å²) in [5, 5.41) is 33.4. The second kappa shape index (κ2) is 22.6. The molecular formula is C35H57IN2O7. The van der Waals surface area contributed by atoms with Gasteiger partial charge in [0.15, 0.2) is 11.5 Å². The summed E-state index contributed by atoms with van der Waals surface area (Å²) in [5.41, 5.74) is 1.06. The number of nitrogens with one attached hydrogen (secondary N) is 1. The Morgan fingerprint density at radius 3 is 2.18 bits per heavy atom. The van der Waals surface area contributed by atoms with Crippen LogP contribution in [0.25, 0.3) is 0 Å². The number of aliphatic hydroxyl groups is 3. The van der Waals surface area contributed by atoms with Crippen LogP contribution in [0.5, 0.6) is 11.5 Å². The van der Waals surface area contributed by atoms with E-state index in [1.807, 2.05) is 0 Å². The molecule has 45 heavy (non-hydrogen) atoms. The van der Waals surface area contributed by atoms with Gasteiger partial charge in [0.1, 0.15) is 12.2 Å². The Kier molecular flexibility index (Phi) is 19.7. The van der Waals surface area contributed by atoms with Crippen LogP contribution in [-0.2, 0) is 16.2 Å². The van der Waals surface area contributed by atoms with Crippen molar-refractivity contribution in [3.63, 3.8) is 0 Å². The van der Waals surface area contributed by atoms with Gasteiger partial charge in [-0.05, 0) is 59.2 Å². The van der Waals surface area contributed by atoms with Crippen molar-refractivity contribution < 1.29 is 34.4 Å². The Morgan fingerprint density at radius 1 is 0.956 bits per heavy atom. The average Bonchev–Trinajstić information content (AvgIpc) is 3.04. The number of aliphatic hydroxyl groups excluding tert-OH is 3. The lowest BCUT2D eigenvalue weighted by atomic mass is 9.87. The first-order chi connectivity index (χ1) is 21.8. The zero-order chi connectivity index (χ0) is 33.0. The van der Waals surface area contributed by atoms with Crippen LogP contribution >= 0.6 is 22.6 Å². The third-order valence-corrected chi connectivity index (χ3v) is 9.21. The van der Waals surface area contributed by atoms with Gasteiger partial charge in [0.25, 0.3) is 0 Å². The smallest absolute Gasteiger partial charge is 0.247 e. The van der Waals surface area contributed by atoms with Crippen LogP contribution in [0, 0.1) is 3.57 Å². The number of rotatable bonds is 23. The summed E-state index contributed by atoms with van der Waals surface area (Å²) < 4.78 is 12.6. The lowest BCUT2D eigenvalue weighted by Crippen LogP contribution is -2.55. The van der Waals surface area contributed by atoms with Crippen molar-refractivity contribution in [2.75, 3.05) is 26.8 Å². The largest absolute Gasteiger partial charge is 0.493 e. The second-order valence-electron chi connectivity index (χ2n) is 12.0. The third-order valence-electron chi connectivity index (χ3n) is 8.41. The van der Waals surface area contributed by atoms with Crippen molar-refractivity contribution >= 4 is 34.4 Å². The molecule has 0 saturated heterocycles. The van der Waals surface area contributed by atoms with Gasteiger partial charge in [0, 0.05) is 31.5 Å². The molecule has 2 amide bonds. The van der Waals surface area contributed by atoms with Gasteiger partial charge in [-0.25, -0.2) is 0 Å². The van der Waals surface area contributed by atoms with Gasteiger partial charge < -0.3 is 35.0 Å². The van der Waals surface area contributed by atoms with Gasteiger partial charge in [-0.1, -0.05) is 84.5 Å². The minimum absolute atomic E-state index is 0.00581. The lowest BCUT2D eigenvalue weighted by Gasteiger charge is -2.41. The molecule has 0 aromatic heterocycles. The first-order valence-electron chi connectivity index (χ1n) is 17.0. The summed E-state index contributed by atoms with van der Waals surface area (Å²) in [6.07, 6.45) is 14.6. The molecule has 4 N–H and O–H groups in total. The first-order valence-corrected chi connectivity index (χ1v) is 18.1. The molecule has 0 bridgehead atoms. The van der Waals surface area contributed by atoms with Crippen LogP contribution < -0.4 is 14.8 Å². The van der Waals surface area contributed by atoms with Crippen LogP contribution in [0.4, 0.5) is 0 Å². The number of ether oxygens (including phenoxy) is 2. The highest BCUT2D eigenvalue weighted by Gasteiger charge is 2.40. The van der Waals surface area contributed by atoms with E-state index in [9.17, 15) is 24.9 Å². The molecular weight excluding hydrogens is 687 g/mol. The normalized spacial score (nSPS) is 17.9. The van der Waals surface area contributed by atoms with Gasteiger partial charge in [0.2, 0.25) is 11.8 Å². The summed E-state index contributed by atoms with van der Waals surface area (Å²) >= 11 is 2.10. The number of hydrogen-bond acceptors (Lipinski definition) is 7. The molecule has 0 spiro atoms. The second-order valence-corrected chi connectivity index (χ2v) is 13.2. The number of carbonyl (C=O) groups excluding carboxylic acids is 2. The summed E-state index contributed by atoms with van der Waals surface area (Å²) in [6, 6.07) is 2.80.